The number of methoxy groups -OCH3 is 1. The van der Waals surface area contributed by atoms with E-state index < -0.39 is 47.8 Å². The molecule has 7 nitrogen and oxygen atoms in total. The molecule has 1 aliphatic rings. The number of alkyl halides is 1. The standard InChI is InChI=1S/C19H25FO7/c1-11-13(25-16(21)12-9-7-6-8-10-12)14(24-5)15(19(20,23)27-11)26-17(22)18(2,3)4/h6-11,13-15,23H,1-5H3/t11-,13-,14+,15-,19-/m1/s1. The largest absolute Gasteiger partial charge is 0.453 e. The number of hydrogen-bond acceptors (Lipinski definition) is 7. The third kappa shape index (κ3) is 4.82. The molecule has 1 aromatic rings. The fraction of sp³-hybridized carbons (Fsp3) is 0.579. The second kappa shape index (κ2) is 7.92. The van der Waals surface area contributed by atoms with Crippen molar-refractivity contribution in [1.29, 1.82) is 0 Å². The first-order valence-electron chi connectivity index (χ1n) is 8.56. The number of carbonyl (C=O) groups is 2. The average Bonchev–Trinajstić information content (AvgIpc) is 2.58. The molecule has 0 saturated carbocycles. The number of esters is 2. The average molecular weight is 384 g/mol. The lowest BCUT2D eigenvalue weighted by molar-refractivity contribution is -0.400. The van der Waals surface area contributed by atoms with Crippen molar-refractivity contribution >= 4 is 11.9 Å². The van der Waals surface area contributed by atoms with Crippen LogP contribution < -0.4 is 0 Å². The Morgan fingerprint density at radius 3 is 2.26 bits per heavy atom. The number of aliphatic hydroxyl groups is 1. The van der Waals surface area contributed by atoms with Crippen LogP contribution in [0.1, 0.15) is 38.1 Å². The summed E-state index contributed by atoms with van der Waals surface area (Å²) in [5.74, 6) is -1.44. The second-order valence-electron chi connectivity index (χ2n) is 7.44. The van der Waals surface area contributed by atoms with E-state index >= 15 is 0 Å². The highest BCUT2D eigenvalue weighted by Gasteiger charge is 2.58. The van der Waals surface area contributed by atoms with Crippen molar-refractivity contribution in [2.24, 2.45) is 5.41 Å². The van der Waals surface area contributed by atoms with Crippen molar-refractivity contribution in [3.05, 3.63) is 35.9 Å². The van der Waals surface area contributed by atoms with Gasteiger partial charge in [0.1, 0.15) is 12.2 Å². The highest BCUT2D eigenvalue weighted by atomic mass is 19.2. The molecule has 0 amide bonds. The van der Waals surface area contributed by atoms with Crippen LogP contribution in [-0.2, 0) is 23.7 Å². The molecule has 150 valence electrons. The zero-order chi connectivity index (χ0) is 20.4. The third-order valence-corrected chi connectivity index (χ3v) is 4.16. The van der Waals surface area contributed by atoms with Gasteiger partial charge in [-0.05, 0) is 39.8 Å². The molecular weight excluding hydrogens is 359 g/mol. The molecule has 0 aromatic heterocycles. The van der Waals surface area contributed by atoms with Crippen molar-refractivity contribution in [1.82, 2.24) is 0 Å². The quantitative estimate of drug-likeness (QED) is 0.796. The van der Waals surface area contributed by atoms with Gasteiger partial charge in [0.05, 0.1) is 11.0 Å². The smallest absolute Gasteiger partial charge is 0.359 e. The van der Waals surface area contributed by atoms with Gasteiger partial charge in [-0.15, -0.1) is 0 Å². The summed E-state index contributed by atoms with van der Waals surface area (Å²) in [7, 11) is 1.24. The summed E-state index contributed by atoms with van der Waals surface area (Å²) in [5.41, 5.74) is -0.669. The van der Waals surface area contributed by atoms with Gasteiger partial charge < -0.3 is 24.1 Å². The lowest BCUT2D eigenvalue weighted by Gasteiger charge is -2.44. The van der Waals surface area contributed by atoms with E-state index in [1.165, 1.54) is 14.0 Å². The minimum atomic E-state index is -3.29. The van der Waals surface area contributed by atoms with Crippen LogP contribution in [0.2, 0.25) is 0 Å². The van der Waals surface area contributed by atoms with Crippen LogP contribution >= 0.6 is 0 Å². The topological polar surface area (TPSA) is 91.3 Å². The van der Waals surface area contributed by atoms with Crippen LogP contribution in [0, 0.1) is 5.41 Å². The Hall–Kier alpha value is -2.03. The molecule has 0 bridgehead atoms. The molecule has 1 N–H and O–H groups in total. The lowest BCUT2D eigenvalue weighted by atomic mass is 9.95. The van der Waals surface area contributed by atoms with Gasteiger partial charge in [0.2, 0.25) is 6.10 Å². The molecule has 0 aliphatic carbocycles. The third-order valence-electron chi connectivity index (χ3n) is 4.16. The number of halogens is 1. The van der Waals surface area contributed by atoms with E-state index in [1.54, 1.807) is 51.1 Å². The number of ether oxygens (including phenoxy) is 4. The van der Waals surface area contributed by atoms with Crippen molar-refractivity contribution in [3.63, 3.8) is 0 Å². The summed E-state index contributed by atoms with van der Waals surface area (Å²) < 4.78 is 35.4. The Labute approximate surface area is 157 Å². The van der Waals surface area contributed by atoms with E-state index in [9.17, 15) is 19.1 Å². The molecule has 1 saturated heterocycles. The number of carbonyl (C=O) groups excluding carboxylic acids is 2. The van der Waals surface area contributed by atoms with Crippen LogP contribution in [0.15, 0.2) is 30.3 Å². The van der Waals surface area contributed by atoms with Crippen molar-refractivity contribution in [2.45, 2.75) is 58.2 Å². The first kappa shape index (κ1) is 21.3. The minimum absolute atomic E-state index is 0.281. The molecule has 0 unspecified atom stereocenters. The molecule has 5 atom stereocenters. The summed E-state index contributed by atoms with van der Waals surface area (Å²) in [6.07, 6.45) is -5.28. The zero-order valence-corrected chi connectivity index (χ0v) is 16.0. The molecule has 0 radical (unpaired) electrons. The van der Waals surface area contributed by atoms with Gasteiger partial charge in [0, 0.05) is 7.11 Å². The van der Waals surface area contributed by atoms with Gasteiger partial charge in [0.25, 0.3) is 0 Å². The molecule has 2 rings (SSSR count). The van der Waals surface area contributed by atoms with E-state index in [-0.39, 0.29) is 5.56 Å². The van der Waals surface area contributed by atoms with Crippen LogP contribution in [-0.4, -0.2) is 54.6 Å². The Morgan fingerprint density at radius 2 is 1.74 bits per heavy atom. The summed E-state index contributed by atoms with van der Waals surface area (Å²) in [6.45, 7) is 6.15. The Bertz CT molecular complexity index is 668. The summed E-state index contributed by atoms with van der Waals surface area (Å²) in [4.78, 5) is 24.6. The second-order valence-corrected chi connectivity index (χ2v) is 7.44. The molecule has 27 heavy (non-hydrogen) atoms. The van der Waals surface area contributed by atoms with Crippen LogP contribution in [0.5, 0.6) is 0 Å². The molecular formula is C19H25FO7. The highest BCUT2D eigenvalue weighted by Crippen LogP contribution is 2.36. The van der Waals surface area contributed by atoms with E-state index in [0.29, 0.717) is 0 Å². The minimum Gasteiger partial charge on any atom is -0.453 e. The number of hydrogen-bond donors (Lipinski definition) is 1. The number of rotatable bonds is 4. The predicted molar refractivity (Wildman–Crippen MR) is 92.4 cm³/mol. The molecule has 1 aliphatic heterocycles. The molecule has 1 heterocycles. The Kier molecular flexibility index (Phi) is 6.24. The van der Waals surface area contributed by atoms with Gasteiger partial charge in [-0.2, -0.15) is 4.39 Å². The van der Waals surface area contributed by atoms with Crippen molar-refractivity contribution < 1.29 is 38.0 Å². The van der Waals surface area contributed by atoms with Gasteiger partial charge in [-0.25, -0.2) is 4.79 Å². The maximum atomic E-state index is 14.6. The maximum absolute atomic E-state index is 14.6. The molecule has 0 spiro atoms. The maximum Gasteiger partial charge on any atom is 0.359 e. The SMILES string of the molecule is CO[C@H]1[C@H](OC(=O)c2ccccc2)[C@@H](C)O[C@@](O)(F)[C@@H]1OC(=O)C(C)(C)C. The summed E-state index contributed by atoms with van der Waals surface area (Å²) in [5, 5.41) is 10.0. The fourth-order valence-corrected chi connectivity index (χ4v) is 2.66. The van der Waals surface area contributed by atoms with Gasteiger partial charge >= 0.3 is 18.0 Å². The van der Waals surface area contributed by atoms with Gasteiger partial charge in [-0.1, -0.05) is 18.2 Å². The van der Waals surface area contributed by atoms with E-state index in [2.05, 4.69) is 0 Å². The van der Waals surface area contributed by atoms with Crippen molar-refractivity contribution in [3.8, 4) is 0 Å². The van der Waals surface area contributed by atoms with Crippen LogP contribution in [0.3, 0.4) is 0 Å². The van der Waals surface area contributed by atoms with Gasteiger partial charge in [0.15, 0.2) is 6.10 Å². The monoisotopic (exact) mass is 384 g/mol. The Balaban J connectivity index is 2.26. The lowest BCUT2D eigenvalue weighted by Crippen LogP contribution is -2.65. The molecule has 1 aromatic carbocycles. The highest BCUT2D eigenvalue weighted by molar-refractivity contribution is 5.89. The van der Waals surface area contributed by atoms with Crippen molar-refractivity contribution in [2.75, 3.05) is 7.11 Å². The van der Waals surface area contributed by atoms with Crippen LogP contribution in [0.25, 0.3) is 0 Å². The normalized spacial score (nSPS) is 31.2. The first-order valence-corrected chi connectivity index (χ1v) is 8.56. The predicted octanol–water partition coefficient (Wildman–Crippen LogP) is 2.22. The van der Waals surface area contributed by atoms with Crippen LogP contribution in [0.4, 0.5) is 4.39 Å². The van der Waals surface area contributed by atoms with Gasteiger partial charge in [-0.3, -0.25) is 4.79 Å². The first-order chi connectivity index (χ1) is 12.5. The number of benzene rings is 1. The molecule has 8 heteroatoms. The summed E-state index contributed by atoms with van der Waals surface area (Å²) in [6, 6.07) is 4.89. The zero-order valence-electron chi connectivity index (χ0n) is 16.0. The Morgan fingerprint density at radius 1 is 1.15 bits per heavy atom. The fourth-order valence-electron chi connectivity index (χ4n) is 2.66. The van der Waals surface area contributed by atoms with E-state index in [4.69, 9.17) is 18.9 Å². The van der Waals surface area contributed by atoms with E-state index in [1.807, 2.05) is 0 Å². The summed E-state index contributed by atoms with van der Waals surface area (Å²) >= 11 is 0. The van der Waals surface area contributed by atoms with E-state index in [0.717, 1.165) is 0 Å². The molecule has 1 fully saturated rings.